The molecule has 0 aromatic heterocycles. The number of benzene rings is 1. The largest absolute Gasteiger partial charge is 0.505 e. The summed E-state index contributed by atoms with van der Waals surface area (Å²) >= 11 is 0. The Kier molecular flexibility index (Phi) is 3.59. The molecule has 1 heterocycles. The predicted molar refractivity (Wildman–Crippen MR) is 84.3 cm³/mol. The maximum atomic E-state index is 13.3. The molecule has 3 amide bonds. The molecule has 1 aromatic rings. The zero-order valence-electron chi connectivity index (χ0n) is 13.3. The van der Waals surface area contributed by atoms with Crippen molar-refractivity contribution in [2.24, 2.45) is 23.7 Å². The van der Waals surface area contributed by atoms with E-state index >= 15 is 0 Å². The molecular weight excluding hydrogens is 327 g/mol. The fourth-order valence-corrected chi connectivity index (χ4v) is 4.18. The fourth-order valence-electron chi connectivity index (χ4n) is 4.18. The lowest BCUT2D eigenvalue weighted by Gasteiger charge is -2.16. The summed E-state index contributed by atoms with van der Waals surface area (Å²) in [6, 6.07) is 3.81. The molecule has 1 saturated carbocycles. The molecule has 4 atom stereocenters. The molecule has 2 N–H and O–H groups in total. The van der Waals surface area contributed by atoms with E-state index in [1.54, 1.807) is 0 Å². The standard InChI is InChI=1S/C18H17FN2O4/c19-12-5-9(1-4-13(12)22)7-20-14(23)8-21-17(24)15-10-2-3-11(6-10)16(15)18(21)25/h1-5,10-11,15-16,22H,6-8H2,(H,20,23)/t10-,11-,15+,16+/m0/s1. The Morgan fingerprint density at radius 3 is 2.44 bits per heavy atom. The Labute approximate surface area is 143 Å². The van der Waals surface area contributed by atoms with Gasteiger partial charge in [-0.15, -0.1) is 0 Å². The van der Waals surface area contributed by atoms with Crippen LogP contribution in [0.2, 0.25) is 0 Å². The average molecular weight is 344 g/mol. The number of imide groups is 1. The van der Waals surface area contributed by atoms with Crippen molar-refractivity contribution >= 4 is 17.7 Å². The highest BCUT2D eigenvalue weighted by atomic mass is 19.1. The molecule has 1 aromatic carbocycles. The molecule has 2 bridgehead atoms. The molecule has 1 saturated heterocycles. The Balaban J connectivity index is 1.37. The zero-order chi connectivity index (χ0) is 17.7. The summed E-state index contributed by atoms with van der Waals surface area (Å²) in [5.74, 6) is -2.65. The molecule has 0 radical (unpaired) electrons. The first-order valence-electron chi connectivity index (χ1n) is 8.23. The Morgan fingerprint density at radius 1 is 1.20 bits per heavy atom. The summed E-state index contributed by atoms with van der Waals surface area (Å²) in [6.07, 6.45) is 4.85. The van der Waals surface area contributed by atoms with E-state index in [-0.39, 0.29) is 48.6 Å². The summed E-state index contributed by atoms with van der Waals surface area (Å²) in [5.41, 5.74) is 0.474. The van der Waals surface area contributed by atoms with Gasteiger partial charge in [-0.1, -0.05) is 18.2 Å². The van der Waals surface area contributed by atoms with Crippen molar-refractivity contribution < 1.29 is 23.9 Å². The van der Waals surface area contributed by atoms with Crippen LogP contribution >= 0.6 is 0 Å². The van der Waals surface area contributed by atoms with Gasteiger partial charge in [-0.25, -0.2) is 4.39 Å². The van der Waals surface area contributed by atoms with E-state index in [4.69, 9.17) is 5.11 Å². The van der Waals surface area contributed by atoms with Crippen LogP contribution in [0.1, 0.15) is 12.0 Å². The molecular formula is C18H17FN2O4. The van der Waals surface area contributed by atoms with Crippen molar-refractivity contribution in [1.29, 1.82) is 0 Å². The topological polar surface area (TPSA) is 86.7 Å². The highest BCUT2D eigenvalue weighted by Gasteiger charge is 2.59. The Morgan fingerprint density at radius 2 is 1.84 bits per heavy atom. The van der Waals surface area contributed by atoms with Gasteiger partial charge in [-0.2, -0.15) is 0 Å². The molecule has 0 unspecified atom stereocenters. The van der Waals surface area contributed by atoms with E-state index < -0.39 is 17.5 Å². The van der Waals surface area contributed by atoms with Crippen LogP contribution in [0.5, 0.6) is 5.75 Å². The summed E-state index contributed by atoms with van der Waals surface area (Å²) in [5, 5.41) is 11.7. The number of phenolic OH excluding ortho intramolecular Hbond substituents is 1. The number of hydrogen-bond acceptors (Lipinski definition) is 4. The summed E-state index contributed by atoms with van der Waals surface area (Å²) in [6.45, 7) is -0.267. The number of phenols is 1. The molecule has 1 aliphatic heterocycles. The zero-order valence-corrected chi connectivity index (χ0v) is 13.3. The minimum atomic E-state index is -0.771. The van der Waals surface area contributed by atoms with Crippen LogP contribution in [-0.2, 0) is 20.9 Å². The predicted octanol–water partition coefficient (Wildman–Crippen LogP) is 0.955. The van der Waals surface area contributed by atoms with Crippen LogP contribution in [0, 0.1) is 29.5 Å². The number of carbonyl (C=O) groups is 3. The highest BCUT2D eigenvalue weighted by molar-refractivity contribution is 6.08. The fraction of sp³-hybridized carbons (Fsp3) is 0.389. The number of fused-ring (bicyclic) bond motifs is 5. The van der Waals surface area contributed by atoms with Gasteiger partial charge in [0.15, 0.2) is 11.6 Å². The number of aromatic hydroxyl groups is 1. The number of amides is 3. The van der Waals surface area contributed by atoms with E-state index in [0.29, 0.717) is 5.56 Å². The van der Waals surface area contributed by atoms with Gasteiger partial charge < -0.3 is 10.4 Å². The van der Waals surface area contributed by atoms with E-state index in [2.05, 4.69) is 5.32 Å². The third-order valence-electron chi connectivity index (χ3n) is 5.37. The minimum Gasteiger partial charge on any atom is -0.505 e. The van der Waals surface area contributed by atoms with E-state index in [1.165, 1.54) is 12.1 Å². The molecule has 6 nitrogen and oxygen atoms in total. The summed E-state index contributed by atoms with van der Waals surface area (Å²) < 4.78 is 13.3. The number of likely N-dealkylation sites (tertiary alicyclic amines) is 1. The Bertz CT molecular complexity index is 776. The smallest absolute Gasteiger partial charge is 0.240 e. The van der Waals surface area contributed by atoms with Gasteiger partial charge in [-0.3, -0.25) is 19.3 Å². The lowest BCUT2D eigenvalue weighted by Crippen LogP contribution is -2.41. The molecule has 4 rings (SSSR count). The van der Waals surface area contributed by atoms with Crippen molar-refractivity contribution in [3.05, 3.63) is 41.7 Å². The first kappa shape index (κ1) is 15.8. The van der Waals surface area contributed by atoms with Crippen LogP contribution in [0.15, 0.2) is 30.4 Å². The van der Waals surface area contributed by atoms with Gasteiger partial charge in [-0.05, 0) is 36.0 Å². The highest BCUT2D eigenvalue weighted by Crippen LogP contribution is 2.52. The molecule has 3 aliphatic rings. The third kappa shape index (κ3) is 2.50. The third-order valence-corrected chi connectivity index (χ3v) is 5.37. The number of carbonyl (C=O) groups excluding carboxylic acids is 3. The number of halogens is 1. The molecule has 0 spiro atoms. The monoisotopic (exact) mass is 344 g/mol. The van der Waals surface area contributed by atoms with Crippen LogP contribution in [-0.4, -0.2) is 34.3 Å². The van der Waals surface area contributed by atoms with Crippen molar-refractivity contribution in [1.82, 2.24) is 10.2 Å². The van der Waals surface area contributed by atoms with Crippen LogP contribution < -0.4 is 5.32 Å². The molecule has 2 fully saturated rings. The van der Waals surface area contributed by atoms with Crippen LogP contribution in [0.3, 0.4) is 0 Å². The van der Waals surface area contributed by atoms with E-state index in [9.17, 15) is 18.8 Å². The van der Waals surface area contributed by atoms with Crippen molar-refractivity contribution in [2.75, 3.05) is 6.54 Å². The second-order valence-electron chi connectivity index (χ2n) is 6.82. The SMILES string of the molecule is O=C(CN1C(=O)[C@H]2[C@H](C1=O)[C@H]1C=C[C@H]2C1)NCc1ccc(O)c(F)c1. The second-order valence-corrected chi connectivity index (χ2v) is 6.82. The molecule has 130 valence electrons. The van der Waals surface area contributed by atoms with Gasteiger partial charge >= 0.3 is 0 Å². The number of hydrogen-bond donors (Lipinski definition) is 2. The van der Waals surface area contributed by atoms with E-state index in [1.807, 2.05) is 12.2 Å². The maximum absolute atomic E-state index is 13.3. The average Bonchev–Trinajstić information content (AvgIpc) is 3.26. The Hall–Kier alpha value is -2.70. The quantitative estimate of drug-likeness (QED) is 0.629. The van der Waals surface area contributed by atoms with Crippen molar-refractivity contribution in [3.63, 3.8) is 0 Å². The molecule has 2 aliphatic carbocycles. The van der Waals surface area contributed by atoms with E-state index in [0.717, 1.165) is 17.4 Å². The number of rotatable bonds is 4. The summed E-state index contributed by atoms with van der Waals surface area (Å²) in [7, 11) is 0. The van der Waals surface area contributed by atoms with Gasteiger partial charge in [0.25, 0.3) is 0 Å². The van der Waals surface area contributed by atoms with Gasteiger partial charge in [0.1, 0.15) is 6.54 Å². The van der Waals surface area contributed by atoms with Crippen LogP contribution in [0.4, 0.5) is 4.39 Å². The molecule has 7 heteroatoms. The molecule has 25 heavy (non-hydrogen) atoms. The maximum Gasteiger partial charge on any atom is 0.240 e. The first-order chi connectivity index (χ1) is 12.0. The van der Waals surface area contributed by atoms with Crippen molar-refractivity contribution in [3.8, 4) is 5.75 Å². The lowest BCUT2D eigenvalue weighted by molar-refractivity contribution is -0.144. The van der Waals surface area contributed by atoms with Crippen molar-refractivity contribution in [2.45, 2.75) is 13.0 Å². The normalized spacial score (nSPS) is 29.4. The lowest BCUT2D eigenvalue weighted by atomic mass is 9.85. The minimum absolute atomic E-state index is 0.0475. The number of nitrogens with one attached hydrogen (secondary N) is 1. The van der Waals surface area contributed by atoms with Gasteiger partial charge in [0, 0.05) is 6.54 Å². The summed E-state index contributed by atoms with van der Waals surface area (Å²) in [4.78, 5) is 38.1. The van der Waals surface area contributed by atoms with Crippen LogP contribution in [0.25, 0.3) is 0 Å². The number of nitrogens with zero attached hydrogens (tertiary/aromatic N) is 1. The van der Waals surface area contributed by atoms with Gasteiger partial charge in [0.05, 0.1) is 11.8 Å². The number of allylic oxidation sites excluding steroid dienone is 2. The first-order valence-corrected chi connectivity index (χ1v) is 8.23. The van der Waals surface area contributed by atoms with Gasteiger partial charge in [0.2, 0.25) is 17.7 Å². The second kappa shape index (κ2) is 5.68.